The fraction of sp³-hybridized carbons (Fsp3) is 0.636. The Labute approximate surface area is 105 Å². The largest absolute Gasteiger partial charge is 0.388 e. The van der Waals surface area contributed by atoms with Crippen LogP contribution in [0.5, 0.6) is 0 Å². The van der Waals surface area contributed by atoms with Crippen LogP contribution >= 0.6 is 11.6 Å². The molecular weight excluding hydrogens is 242 g/mol. The fourth-order valence-electron chi connectivity index (χ4n) is 1.78. The van der Waals surface area contributed by atoms with Gasteiger partial charge in [-0.25, -0.2) is 9.97 Å². The molecule has 0 aromatic carbocycles. The first kappa shape index (κ1) is 12.5. The number of aromatic nitrogens is 2. The second kappa shape index (κ2) is 4.76. The Morgan fingerprint density at radius 1 is 1.53 bits per heavy atom. The Hall–Kier alpha value is -0.910. The summed E-state index contributed by atoms with van der Waals surface area (Å²) in [6, 6.07) is 1.72. The summed E-state index contributed by atoms with van der Waals surface area (Å²) >= 11 is 5.83. The third-order valence-electron chi connectivity index (χ3n) is 2.80. The normalized spacial score (nSPS) is 21.6. The standard InChI is InChI=1S/C11H16ClN3O2/c1-11(2,16)8-6-15(3-4-17-8)10-5-9(12)13-7-14-10/h5,7-8,16H,3-4,6H2,1-2H3/t8-/m0/s1. The molecule has 2 rings (SSSR count). The molecule has 1 N–H and O–H groups in total. The zero-order valence-electron chi connectivity index (χ0n) is 9.93. The highest BCUT2D eigenvalue weighted by molar-refractivity contribution is 6.29. The molecule has 0 aliphatic carbocycles. The van der Waals surface area contributed by atoms with Crippen LogP contribution in [0.15, 0.2) is 12.4 Å². The summed E-state index contributed by atoms with van der Waals surface area (Å²) < 4.78 is 5.56. The third kappa shape index (κ3) is 3.06. The average molecular weight is 258 g/mol. The van der Waals surface area contributed by atoms with E-state index in [1.54, 1.807) is 19.9 Å². The van der Waals surface area contributed by atoms with Gasteiger partial charge in [0.1, 0.15) is 23.4 Å². The molecule has 0 unspecified atom stereocenters. The van der Waals surface area contributed by atoms with Crippen LogP contribution in [0.4, 0.5) is 5.82 Å². The van der Waals surface area contributed by atoms with Gasteiger partial charge in [0.15, 0.2) is 0 Å². The summed E-state index contributed by atoms with van der Waals surface area (Å²) in [5, 5.41) is 10.4. The second-order valence-corrected chi connectivity index (χ2v) is 5.05. The van der Waals surface area contributed by atoms with Gasteiger partial charge in [-0.05, 0) is 13.8 Å². The summed E-state index contributed by atoms with van der Waals surface area (Å²) in [4.78, 5) is 10.1. The number of rotatable bonds is 2. The predicted octanol–water partition coefficient (Wildman–Crippen LogP) is 1.11. The summed E-state index contributed by atoms with van der Waals surface area (Å²) in [5.74, 6) is 0.766. The van der Waals surface area contributed by atoms with Crippen LogP contribution in [0, 0.1) is 0 Å². The van der Waals surface area contributed by atoms with Crippen molar-refractivity contribution >= 4 is 17.4 Å². The van der Waals surface area contributed by atoms with Crippen molar-refractivity contribution in [3.8, 4) is 0 Å². The van der Waals surface area contributed by atoms with E-state index in [-0.39, 0.29) is 6.10 Å². The van der Waals surface area contributed by atoms with E-state index in [0.29, 0.717) is 18.3 Å². The molecule has 6 heteroatoms. The zero-order valence-corrected chi connectivity index (χ0v) is 10.7. The Morgan fingerprint density at radius 2 is 2.29 bits per heavy atom. The third-order valence-corrected chi connectivity index (χ3v) is 3.00. The molecular formula is C11H16ClN3O2. The monoisotopic (exact) mass is 257 g/mol. The minimum Gasteiger partial charge on any atom is -0.388 e. The van der Waals surface area contributed by atoms with Gasteiger partial charge < -0.3 is 14.7 Å². The molecule has 1 aliphatic heterocycles. The van der Waals surface area contributed by atoms with Crippen molar-refractivity contribution in [1.29, 1.82) is 0 Å². The van der Waals surface area contributed by atoms with E-state index in [0.717, 1.165) is 12.4 Å². The Morgan fingerprint density at radius 3 is 2.94 bits per heavy atom. The minimum atomic E-state index is -0.866. The molecule has 1 fully saturated rings. The van der Waals surface area contributed by atoms with Gasteiger partial charge >= 0.3 is 0 Å². The molecule has 0 amide bonds. The van der Waals surface area contributed by atoms with Crippen LogP contribution in [0.3, 0.4) is 0 Å². The van der Waals surface area contributed by atoms with Gasteiger partial charge in [-0.1, -0.05) is 11.6 Å². The lowest BCUT2D eigenvalue weighted by atomic mass is 10.0. The Bertz CT molecular complexity index is 395. The summed E-state index contributed by atoms with van der Waals surface area (Å²) in [6.45, 7) is 5.38. The van der Waals surface area contributed by atoms with Crippen LogP contribution < -0.4 is 4.90 Å². The minimum absolute atomic E-state index is 0.231. The number of anilines is 1. The van der Waals surface area contributed by atoms with Crippen molar-refractivity contribution in [2.45, 2.75) is 25.6 Å². The van der Waals surface area contributed by atoms with Crippen molar-refractivity contribution in [2.24, 2.45) is 0 Å². The fourth-order valence-corrected chi connectivity index (χ4v) is 1.92. The first-order valence-corrected chi connectivity index (χ1v) is 5.91. The highest BCUT2D eigenvalue weighted by Crippen LogP contribution is 2.22. The maximum absolute atomic E-state index is 9.95. The van der Waals surface area contributed by atoms with Crippen molar-refractivity contribution in [3.63, 3.8) is 0 Å². The average Bonchev–Trinajstić information content (AvgIpc) is 2.28. The van der Waals surface area contributed by atoms with Crippen LogP contribution in [-0.2, 0) is 4.74 Å². The van der Waals surface area contributed by atoms with Gasteiger partial charge in [0.25, 0.3) is 0 Å². The maximum atomic E-state index is 9.95. The molecule has 17 heavy (non-hydrogen) atoms. The lowest BCUT2D eigenvalue weighted by Gasteiger charge is -2.39. The van der Waals surface area contributed by atoms with Crippen LogP contribution in [0.2, 0.25) is 5.15 Å². The second-order valence-electron chi connectivity index (χ2n) is 4.66. The van der Waals surface area contributed by atoms with E-state index < -0.39 is 5.60 Å². The van der Waals surface area contributed by atoms with E-state index in [4.69, 9.17) is 16.3 Å². The SMILES string of the molecule is CC(C)(O)[C@@H]1CN(c2cc(Cl)ncn2)CCO1. The number of morpholine rings is 1. The number of hydrogen-bond donors (Lipinski definition) is 1. The molecule has 0 bridgehead atoms. The van der Waals surface area contributed by atoms with E-state index in [1.807, 2.05) is 4.90 Å². The number of hydrogen-bond acceptors (Lipinski definition) is 5. The van der Waals surface area contributed by atoms with Crippen molar-refractivity contribution in [3.05, 3.63) is 17.5 Å². The van der Waals surface area contributed by atoms with Crippen molar-refractivity contribution < 1.29 is 9.84 Å². The summed E-state index contributed by atoms with van der Waals surface area (Å²) in [7, 11) is 0. The zero-order chi connectivity index (χ0) is 12.5. The van der Waals surface area contributed by atoms with Gasteiger partial charge in [-0.3, -0.25) is 0 Å². The quantitative estimate of drug-likeness (QED) is 0.805. The first-order valence-electron chi connectivity index (χ1n) is 5.53. The smallest absolute Gasteiger partial charge is 0.134 e. The van der Waals surface area contributed by atoms with Gasteiger partial charge in [0.05, 0.1) is 12.2 Å². The molecule has 1 atom stereocenters. The Kier molecular flexibility index (Phi) is 3.51. The van der Waals surface area contributed by atoms with E-state index in [2.05, 4.69) is 9.97 Å². The van der Waals surface area contributed by atoms with Gasteiger partial charge in [0, 0.05) is 19.2 Å². The van der Waals surface area contributed by atoms with Crippen LogP contribution in [0.1, 0.15) is 13.8 Å². The van der Waals surface area contributed by atoms with E-state index in [1.165, 1.54) is 6.33 Å². The van der Waals surface area contributed by atoms with Gasteiger partial charge in [0.2, 0.25) is 0 Å². The van der Waals surface area contributed by atoms with Crippen molar-refractivity contribution in [2.75, 3.05) is 24.6 Å². The van der Waals surface area contributed by atoms with Gasteiger partial charge in [-0.2, -0.15) is 0 Å². The molecule has 1 aliphatic rings. The molecule has 1 saturated heterocycles. The highest BCUT2D eigenvalue weighted by atomic mass is 35.5. The molecule has 0 spiro atoms. The maximum Gasteiger partial charge on any atom is 0.134 e. The van der Waals surface area contributed by atoms with E-state index >= 15 is 0 Å². The summed E-state index contributed by atoms with van der Waals surface area (Å²) in [6.07, 6.45) is 1.21. The van der Waals surface area contributed by atoms with E-state index in [9.17, 15) is 5.11 Å². The molecule has 5 nitrogen and oxygen atoms in total. The molecule has 1 aromatic rings. The molecule has 1 aromatic heterocycles. The molecule has 2 heterocycles. The highest BCUT2D eigenvalue weighted by Gasteiger charge is 2.32. The molecule has 0 radical (unpaired) electrons. The van der Waals surface area contributed by atoms with Crippen LogP contribution in [0.25, 0.3) is 0 Å². The number of halogens is 1. The van der Waals surface area contributed by atoms with Crippen molar-refractivity contribution in [1.82, 2.24) is 9.97 Å². The molecule has 94 valence electrons. The topological polar surface area (TPSA) is 58.5 Å². The first-order chi connectivity index (χ1) is 7.97. The van der Waals surface area contributed by atoms with Crippen LogP contribution in [-0.4, -0.2) is 46.5 Å². The number of aliphatic hydroxyl groups is 1. The van der Waals surface area contributed by atoms with Gasteiger partial charge in [-0.15, -0.1) is 0 Å². The lowest BCUT2D eigenvalue weighted by Crippen LogP contribution is -2.52. The molecule has 0 saturated carbocycles. The number of ether oxygens (including phenoxy) is 1. The lowest BCUT2D eigenvalue weighted by molar-refractivity contribution is -0.0929. The Balaban J connectivity index is 2.12. The predicted molar refractivity (Wildman–Crippen MR) is 65.3 cm³/mol. The number of nitrogens with zero attached hydrogens (tertiary/aromatic N) is 3. The summed E-state index contributed by atoms with van der Waals surface area (Å²) in [5.41, 5.74) is -0.866.